The molecular formula is C39H40N4O6Se2. The SMILES string of the molecule is Cc1c[nH]c(/C=C2\C(=O)Nc3ccccc32)c1CCC(=O)OCC[Se][Se]CCOC(=O)CCc1c(C)[nH]c(/C=C2/C(=O)Nc3ccccc32)c1C. The molecule has 0 saturated heterocycles. The Morgan fingerprint density at radius 2 is 1.22 bits per heavy atom. The van der Waals surface area contributed by atoms with Crippen molar-refractivity contribution in [1.82, 2.24) is 9.97 Å². The fourth-order valence-electron chi connectivity index (χ4n) is 6.32. The number of carbonyl (C=O) groups excluding carboxylic acids is 4. The van der Waals surface area contributed by atoms with Crippen molar-refractivity contribution in [3.63, 3.8) is 0 Å². The second-order valence-corrected chi connectivity index (χ2v) is 20.2. The summed E-state index contributed by atoms with van der Waals surface area (Å²) in [5, 5.41) is 7.47. The zero-order valence-corrected chi connectivity index (χ0v) is 32.2. The molecule has 0 unspecified atom stereocenters. The van der Waals surface area contributed by atoms with Crippen LogP contribution in [-0.4, -0.2) is 73.2 Å². The van der Waals surface area contributed by atoms with Gasteiger partial charge in [-0.2, -0.15) is 0 Å². The van der Waals surface area contributed by atoms with Crippen LogP contribution in [-0.2, 0) is 41.5 Å². The number of H-pyrrole nitrogens is 2. The number of hydrogen-bond acceptors (Lipinski definition) is 6. The molecule has 0 fully saturated rings. The first-order valence-corrected chi connectivity index (χ1v) is 23.6. The number of hydrogen-bond donors (Lipinski definition) is 4. The Morgan fingerprint density at radius 3 is 1.78 bits per heavy atom. The fourth-order valence-corrected chi connectivity index (χ4v) is 11.5. The van der Waals surface area contributed by atoms with Crippen LogP contribution in [0.15, 0.2) is 54.7 Å². The van der Waals surface area contributed by atoms with E-state index in [1.54, 1.807) is 0 Å². The summed E-state index contributed by atoms with van der Waals surface area (Å²) in [6.07, 6.45) is 7.27. The van der Waals surface area contributed by atoms with Gasteiger partial charge < -0.3 is 5.32 Å². The zero-order valence-electron chi connectivity index (χ0n) is 28.8. The molecule has 264 valence electrons. The molecule has 2 aliphatic heterocycles. The normalized spacial score (nSPS) is 14.8. The molecule has 10 nitrogen and oxygen atoms in total. The molecule has 0 atom stereocenters. The number of anilines is 2. The third kappa shape index (κ3) is 8.65. The Labute approximate surface area is 308 Å². The predicted molar refractivity (Wildman–Crippen MR) is 201 cm³/mol. The first kappa shape index (κ1) is 36.2. The van der Waals surface area contributed by atoms with E-state index in [0.29, 0.717) is 63.5 Å². The standard InChI is InChI=1S/C39H40N4O6Se2/c1-23-22-40-35(21-31-29-9-5-7-11-33(29)43-39(31)47)26(23)12-14-36(44)48-16-18-50-51-19-17-49-37(45)15-13-27-24(2)34(41-25(27)3)20-30-28-8-4-6-10-32(28)42-38(30)46/h4-11,20-22,40-41H,12-19H2,1-3H3,(H,42,46)(H,43,47)/b30-20+,31-21-. The Balaban J connectivity index is 0.857. The van der Waals surface area contributed by atoms with E-state index >= 15 is 0 Å². The van der Waals surface area contributed by atoms with Gasteiger partial charge in [-0.15, -0.1) is 0 Å². The number of esters is 2. The van der Waals surface area contributed by atoms with Crippen LogP contribution in [0.4, 0.5) is 11.4 Å². The average Bonchev–Trinajstić information content (AvgIpc) is 3.82. The number of fused-ring (bicyclic) bond motifs is 2. The molecule has 2 aliphatic rings. The number of para-hydroxylation sites is 2. The first-order valence-electron chi connectivity index (χ1n) is 16.8. The second-order valence-electron chi connectivity index (χ2n) is 12.3. The van der Waals surface area contributed by atoms with Gasteiger partial charge in [0, 0.05) is 5.69 Å². The minimum absolute atomic E-state index is 0.122. The third-order valence-electron chi connectivity index (χ3n) is 8.98. The first-order chi connectivity index (χ1) is 24.7. The van der Waals surface area contributed by atoms with Crippen LogP contribution >= 0.6 is 0 Å². The number of ether oxygens (including phenoxy) is 2. The van der Waals surface area contributed by atoms with E-state index in [0.717, 1.165) is 72.5 Å². The van der Waals surface area contributed by atoms with Crippen molar-refractivity contribution in [2.24, 2.45) is 0 Å². The molecular weight excluding hydrogens is 778 g/mol. The monoisotopic (exact) mass is 820 g/mol. The molecule has 2 aromatic heterocycles. The van der Waals surface area contributed by atoms with Gasteiger partial charge in [0.05, 0.1) is 0 Å². The maximum atomic E-state index is 12.6. The van der Waals surface area contributed by atoms with E-state index in [2.05, 4.69) is 20.6 Å². The number of nitrogens with one attached hydrogen (secondary N) is 4. The molecule has 0 saturated carbocycles. The Kier molecular flexibility index (Phi) is 11.8. The van der Waals surface area contributed by atoms with E-state index in [1.165, 1.54) is 0 Å². The summed E-state index contributed by atoms with van der Waals surface area (Å²) in [5.74, 6) is -0.712. The number of aromatic amines is 2. The van der Waals surface area contributed by atoms with Crippen LogP contribution in [0.2, 0.25) is 10.6 Å². The fraction of sp³-hybridized carbons (Fsp3) is 0.282. The topological polar surface area (TPSA) is 142 Å². The van der Waals surface area contributed by atoms with Crippen molar-refractivity contribution in [1.29, 1.82) is 0 Å². The summed E-state index contributed by atoms with van der Waals surface area (Å²) >= 11 is 0.687. The second kappa shape index (κ2) is 16.6. The molecule has 4 N–H and O–H groups in total. The molecule has 0 radical (unpaired) electrons. The van der Waals surface area contributed by atoms with Crippen molar-refractivity contribution >= 4 is 84.7 Å². The summed E-state index contributed by atoms with van der Waals surface area (Å²) in [7, 11) is 0. The molecule has 12 heteroatoms. The van der Waals surface area contributed by atoms with Gasteiger partial charge in [-0.1, -0.05) is 30.3 Å². The number of aromatic nitrogens is 2. The zero-order chi connectivity index (χ0) is 35.9. The van der Waals surface area contributed by atoms with E-state index in [-0.39, 0.29) is 36.6 Å². The van der Waals surface area contributed by atoms with Gasteiger partial charge in [-0.3, -0.25) is 4.79 Å². The van der Waals surface area contributed by atoms with Gasteiger partial charge in [0.2, 0.25) is 0 Å². The van der Waals surface area contributed by atoms with E-state index < -0.39 is 0 Å². The number of aryl methyl sites for hydroxylation is 2. The summed E-state index contributed by atoms with van der Waals surface area (Å²) in [4.78, 5) is 56.7. The van der Waals surface area contributed by atoms with Crippen molar-refractivity contribution in [2.45, 2.75) is 57.1 Å². The molecule has 51 heavy (non-hydrogen) atoms. The van der Waals surface area contributed by atoms with Gasteiger partial charge in [-0.25, -0.2) is 0 Å². The third-order valence-corrected chi connectivity index (χ3v) is 16.2. The molecule has 0 bridgehead atoms. The molecule has 6 rings (SSSR count). The Morgan fingerprint density at radius 1 is 0.706 bits per heavy atom. The molecule has 4 aromatic rings. The van der Waals surface area contributed by atoms with Crippen LogP contribution in [0.3, 0.4) is 0 Å². The van der Waals surface area contributed by atoms with Crippen LogP contribution in [0, 0.1) is 20.8 Å². The summed E-state index contributed by atoms with van der Waals surface area (Å²) in [6.45, 7) is 6.77. The molecule has 0 spiro atoms. The summed E-state index contributed by atoms with van der Waals surface area (Å²) in [6, 6.07) is 15.2. The number of amides is 2. The van der Waals surface area contributed by atoms with Gasteiger partial charge in [0.25, 0.3) is 0 Å². The summed E-state index contributed by atoms with van der Waals surface area (Å²) < 4.78 is 11.0. The van der Waals surface area contributed by atoms with Gasteiger partial charge >= 0.3 is 251 Å². The molecule has 4 heterocycles. The predicted octanol–water partition coefficient (Wildman–Crippen LogP) is 6.07. The Bertz CT molecular complexity index is 2040. The quantitative estimate of drug-likeness (QED) is 0.0497. The van der Waals surface area contributed by atoms with Crippen molar-refractivity contribution in [3.8, 4) is 0 Å². The number of rotatable bonds is 15. The van der Waals surface area contributed by atoms with Crippen molar-refractivity contribution in [3.05, 3.63) is 105 Å². The van der Waals surface area contributed by atoms with E-state index in [4.69, 9.17) is 9.47 Å². The average molecular weight is 819 g/mol. The van der Waals surface area contributed by atoms with Crippen molar-refractivity contribution in [2.75, 3.05) is 23.8 Å². The van der Waals surface area contributed by atoms with E-state index in [9.17, 15) is 19.2 Å². The maximum absolute atomic E-state index is 12.6. The Hall–Kier alpha value is -4.60. The van der Waals surface area contributed by atoms with Crippen LogP contribution in [0.5, 0.6) is 0 Å². The van der Waals surface area contributed by atoms with Gasteiger partial charge in [-0.05, 0) is 12.1 Å². The van der Waals surface area contributed by atoms with Crippen molar-refractivity contribution < 1.29 is 28.7 Å². The number of carbonyl (C=O) groups is 4. The van der Waals surface area contributed by atoms with E-state index in [1.807, 2.05) is 87.7 Å². The van der Waals surface area contributed by atoms with Crippen LogP contribution in [0.1, 0.15) is 63.3 Å². The van der Waals surface area contributed by atoms with Gasteiger partial charge in [0.1, 0.15) is 0 Å². The van der Waals surface area contributed by atoms with Crippen LogP contribution in [0.25, 0.3) is 23.3 Å². The molecule has 2 aromatic carbocycles. The molecule has 0 aliphatic carbocycles. The summed E-state index contributed by atoms with van der Waals surface area (Å²) in [5.41, 5.74) is 11.4. The number of benzene rings is 2. The van der Waals surface area contributed by atoms with Crippen LogP contribution < -0.4 is 10.6 Å². The van der Waals surface area contributed by atoms with Gasteiger partial charge in [0.15, 0.2) is 0 Å². The minimum atomic E-state index is -0.235. The molecule has 2 amide bonds.